The van der Waals surface area contributed by atoms with E-state index < -0.39 is 16.9 Å². The molecule has 1 aromatic carbocycles. The maximum absolute atomic E-state index is 12.9. The lowest BCUT2D eigenvalue weighted by Gasteiger charge is -2.10. The van der Waals surface area contributed by atoms with Gasteiger partial charge in [0.05, 0.1) is 16.0 Å². The molecule has 0 saturated carbocycles. The summed E-state index contributed by atoms with van der Waals surface area (Å²) in [5, 5.41) is 10.7. The molecule has 0 radical (unpaired) electrons. The largest absolute Gasteiger partial charge is 0.449 e. The molecule has 0 amide bonds. The third kappa shape index (κ3) is 2.57. The summed E-state index contributed by atoms with van der Waals surface area (Å²) < 4.78 is 44.5. The first-order valence-corrected chi connectivity index (χ1v) is 5.64. The van der Waals surface area contributed by atoms with E-state index in [-0.39, 0.29) is 30.1 Å². The molecule has 1 heterocycles. The summed E-state index contributed by atoms with van der Waals surface area (Å²) in [5.74, 6) is -1.14. The number of hydrogen-bond acceptors (Lipinski definition) is 4. The number of nitro groups is 1. The van der Waals surface area contributed by atoms with Crippen LogP contribution < -0.4 is 0 Å². The predicted molar refractivity (Wildman–Crippen MR) is 63.0 cm³/mol. The molecule has 0 aliphatic heterocycles. The molecule has 0 atom stereocenters. The molecule has 0 unspecified atom stereocenters. The van der Waals surface area contributed by atoms with E-state index >= 15 is 0 Å². The number of alkyl halides is 3. The molecule has 2 aromatic rings. The first-order valence-electron chi connectivity index (χ1n) is 5.64. The number of rotatable bonds is 4. The number of imidazole rings is 1. The second-order valence-electron chi connectivity index (χ2n) is 3.91. The number of halogens is 3. The predicted octanol–water partition coefficient (Wildman–Crippen LogP) is 2.96. The number of aromatic nitrogens is 2. The van der Waals surface area contributed by atoms with Gasteiger partial charge in [-0.25, -0.2) is 4.98 Å². The van der Waals surface area contributed by atoms with Gasteiger partial charge in [-0.15, -0.1) is 0 Å². The second-order valence-corrected chi connectivity index (χ2v) is 3.91. The van der Waals surface area contributed by atoms with Crippen molar-refractivity contribution in [3.8, 4) is 0 Å². The summed E-state index contributed by atoms with van der Waals surface area (Å²) in [4.78, 5) is 13.5. The number of benzene rings is 1. The van der Waals surface area contributed by atoms with Crippen LogP contribution in [0.25, 0.3) is 11.0 Å². The van der Waals surface area contributed by atoms with Crippen LogP contribution in [0.15, 0.2) is 18.2 Å². The van der Waals surface area contributed by atoms with Gasteiger partial charge >= 0.3 is 6.18 Å². The Kier molecular flexibility index (Phi) is 3.62. The fourth-order valence-corrected chi connectivity index (χ4v) is 1.75. The van der Waals surface area contributed by atoms with E-state index in [4.69, 9.17) is 4.74 Å². The van der Waals surface area contributed by atoms with Crippen molar-refractivity contribution >= 4 is 16.7 Å². The third-order valence-electron chi connectivity index (χ3n) is 2.62. The molecular weight excluding hydrogens is 279 g/mol. The smallest absolute Gasteiger partial charge is 0.361 e. The highest BCUT2D eigenvalue weighted by atomic mass is 19.4. The van der Waals surface area contributed by atoms with E-state index in [1.807, 2.05) is 0 Å². The first kappa shape index (κ1) is 14.3. The Labute approximate surface area is 110 Å². The first-order chi connectivity index (χ1) is 9.34. The fourth-order valence-electron chi connectivity index (χ4n) is 1.75. The lowest BCUT2D eigenvalue weighted by atomic mass is 10.3. The van der Waals surface area contributed by atoms with Gasteiger partial charge in [0.2, 0.25) is 5.82 Å². The third-order valence-corrected chi connectivity index (χ3v) is 2.62. The number of non-ortho nitro benzene ring substituents is 1. The number of ether oxygens (including phenoxy) is 1. The number of nitro benzene ring substituents is 1. The van der Waals surface area contributed by atoms with Gasteiger partial charge in [0.15, 0.2) is 0 Å². The molecule has 9 heteroatoms. The lowest BCUT2D eigenvalue weighted by Crippen LogP contribution is -2.16. The van der Waals surface area contributed by atoms with Crippen LogP contribution >= 0.6 is 0 Å². The minimum Gasteiger partial charge on any atom is -0.361 e. The average molecular weight is 289 g/mol. The van der Waals surface area contributed by atoms with Gasteiger partial charge in [-0.2, -0.15) is 13.2 Å². The molecule has 1 aromatic heterocycles. The van der Waals surface area contributed by atoms with Crippen LogP contribution in [0.1, 0.15) is 12.7 Å². The van der Waals surface area contributed by atoms with Crippen LogP contribution in [0.4, 0.5) is 18.9 Å². The lowest BCUT2D eigenvalue weighted by molar-refractivity contribution is -0.384. The minimum absolute atomic E-state index is 0.0139. The zero-order valence-electron chi connectivity index (χ0n) is 10.3. The van der Waals surface area contributed by atoms with Crippen molar-refractivity contribution in [2.45, 2.75) is 19.8 Å². The molecule has 108 valence electrons. The van der Waals surface area contributed by atoms with E-state index in [0.29, 0.717) is 0 Å². The van der Waals surface area contributed by atoms with E-state index in [1.165, 1.54) is 6.07 Å². The maximum atomic E-state index is 12.9. The Bertz CT molecular complexity index is 651. The molecule has 0 fully saturated rings. The summed E-state index contributed by atoms with van der Waals surface area (Å²) in [6, 6.07) is 3.35. The van der Waals surface area contributed by atoms with E-state index in [9.17, 15) is 23.3 Å². The molecule has 0 aliphatic rings. The van der Waals surface area contributed by atoms with Crippen molar-refractivity contribution in [3.05, 3.63) is 34.1 Å². The standard InChI is InChI=1S/C11H10F3N3O3/c1-2-20-6-16-9-5-7(17(18)19)3-4-8(9)15-10(16)11(12,13)14/h3-5H,2,6H2,1H3. The Morgan fingerprint density at radius 1 is 1.45 bits per heavy atom. The van der Waals surface area contributed by atoms with Gasteiger partial charge in [-0.3, -0.25) is 14.7 Å². The molecule has 0 spiro atoms. The quantitative estimate of drug-likeness (QED) is 0.641. The fraction of sp³-hybridized carbons (Fsp3) is 0.364. The molecule has 0 bridgehead atoms. The summed E-state index contributed by atoms with van der Waals surface area (Å²) in [7, 11) is 0. The highest BCUT2D eigenvalue weighted by molar-refractivity contribution is 5.78. The molecule has 2 rings (SSSR count). The van der Waals surface area contributed by atoms with Crippen LogP contribution in [-0.2, 0) is 17.6 Å². The molecule has 20 heavy (non-hydrogen) atoms. The zero-order chi connectivity index (χ0) is 14.9. The van der Waals surface area contributed by atoms with Gasteiger partial charge in [-0.05, 0) is 13.0 Å². The number of fused-ring (bicyclic) bond motifs is 1. The van der Waals surface area contributed by atoms with Crippen LogP contribution in [0.3, 0.4) is 0 Å². The Hall–Kier alpha value is -2.16. The minimum atomic E-state index is -4.66. The van der Waals surface area contributed by atoms with Gasteiger partial charge in [0.1, 0.15) is 6.73 Å². The van der Waals surface area contributed by atoms with Crippen LogP contribution in [0.2, 0.25) is 0 Å². The molecular formula is C11H10F3N3O3. The summed E-state index contributed by atoms with van der Waals surface area (Å²) >= 11 is 0. The summed E-state index contributed by atoms with van der Waals surface area (Å²) in [6.45, 7) is 1.48. The van der Waals surface area contributed by atoms with Crippen LogP contribution in [0.5, 0.6) is 0 Å². The monoisotopic (exact) mass is 289 g/mol. The van der Waals surface area contributed by atoms with Gasteiger partial charge in [-0.1, -0.05) is 0 Å². The SMILES string of the molecule is CCOCn1c(C(F)(F)F)nc2ccc([N+](=O)[O-])cc21. The normalized spacial score (nSPS) is 12.0. The van der Waals surface area contributed by atoms with Gasteiger partial charge in [0.25, 0.3) is 5.69 Å². The summed E-state index contributed by atoms with van der Waals surface area (Å²) in [5.41, 5.74) is -0.258. The number of nitrogens with zero attached hydrogens (tertiary/aromatic N) is 3. The molecule has 6 nitrogen and oxygen atoms in total. The topological polar surface area (TPSA) is 70.2 Å². The highest BCUT2D eigenvalue weighted by Crippen LogP contribution is 2.32. The van der Waals surface area contributed by atoms with Gasteiger partial charge < -0.3 is 4.74 Å². The average Bonchev–Trinajstić information content (AvgIpc) is 2.73. The highest BCUT2D eigenvalue weighted by Gasteiger charge is 2.37. The van der Waals surface area contributed by atoms with E-state index in [2.05, 4.69) is 4.98 Å². The summed E-state index contributed by atoms with van der Waals surface area (Å²) in [6.07, 6.45) is -4.66. The molecule has 0 saturated heterocycles. The second kappa shape index (κ2) is 5.08. The van der Waals surface area contributed by atoms with Crippen molar-refractivity contribution in [1.29, 1.82) is 0 Å². The van der Waals surface area contributed by atoms with Crippen LogP contribution in [-0.4, -0.2) is 21.1 Å². The van der Waals surface area contributed by atoms with E-state index in [1.54, 1.807) is 6.92 Å². The van der Waals surface area contributed by atoms with Crippen molar-refractivity contribution in [2.24, 2.45) is 0 Å². The molecule has 0 N–H and O–H groups in total. The van der Waals surface area contributed by atoms with Crippen LogP contribution in [0, 0.1) is 10.1 Å². The molecule has 0 aliphatic carbocycles. The van der Waals surface area contributed by atoms with Crippen molar-refractivity contribution in [1.82, 2.24) is 9.55 Å². The van der Waals surface area contributed by atoms with Crippen molar-refractivity contribution < 1.29 is 22.8 Å². The van der Waals surface area contributed by atoms with E-state index in [0.717, 1.165) is 16.7 Å². The number of hydrogen-bond donors (Lipinski definition) is 0. The Morgan fingerprint density at radius 3 is 2.70 bits per heavy atom. The Morgan fingerprint density at radius 2 is 2.15 bits per heavy atom. The maximum Gasteiger partial charge on any atom is 0.449 e. The van der Waals surface area contributed by atoms with Crippen molar-refractivity contribution in [3.63, 3.8) is 0 Å². The van der Waals surface area contributed by atoms with Gasteiger partial charge in [0, 0.05) is 18.7 Å². The zero-order valence-corrected chi connectivity index (χ0v) is 10.3. The van der Waals surface area contributed by atoms with Crippen molar-refractivity contribution in [2.75, 3.05) is 6.61 Å². The Balaban J connectivity index is 2.65.